The zero-order valence-corrected chi connectivity index (χ0v) is 18.1. The van der Waals surface area contributed by atoms with Crippen molar-refractivity contribution in [2.75, 3.05) is 5.32 Å². The van der Waals surface area contributed by atoms with Gasteiger partial charge in [-0.3, -0.25) is 4.79 Å². The van der Waals surface area contributed by atoms with E-state index >= 15 is 0 Å². The summed E-state index contributed by atoms with van der Waals surface area (Å²) in [6, 6.07) is 17.8. The first-order valence-corrected chi connectivity index (χ1v) is 11.6. The number of carbonyl (C=O) groups excluding carboxylic acids is 1. The fraction of sp³-hybridized carbons (Fsp3) is 0.423. The average molecular weight is 429 g/mol. The molecule has 4 saturated carbocycles. The molecule has 0 spiro atoms. The van der Waals surface area contributed by atoms with E-state index in [0.29, 0.717) is 18.4 Å². The fourth-order valence-corrected chi connectivity index (χ4v) is 6.84. The number of nitrogens with zero attached hydrogens (tertiary/aromatic N) is 3. The third-order valence-electron chi connectivity index (χ3n) is 7.78. The van der Waals surface area contributed by atoms with E-state index in [4.69, 9.17) is 4.74 Å². The molecule has 6 heteroatoms. The molecule has 3 aromatic rings. The highest BCUT2D eigenvalue weighted by Crippen LogP contribution is 2.64. The maximum absolute atomic E-state index is 13.6. The number of rotatable bonds is 6. The summed E-state index contributed by atoms with van der Waals surface area (Å²) in [5.41, 5.74) is 1.60. The number of carbonyl (C=O) groups is 1. The van der Waals surface area contributed by atoms with Crippen molar-refractivity contribution in [3.63, 3.8) is 0 Å². The quantitative estimate of drug-likeness (QED) is 0.613. The second-order valence-corrected chi connectivity index (χ2v) is 10.1. The molecule has 1 heterocycles. The Balaban J connectivity index is 1.16. The molecule has 4 aliphatic rings. The van der Waals surface area contributed by atoms with Crippen LogP contribution in [0.15, 0.2) is 67.3 Å². The van der Waals surface area contributed by atoms with Crippen LogP contribution >= 0.6 is 0 Å². The monoisotopic (exact) mass is 428 g/mol. The Morgan fingerprint density at radius 1 is 1.03 bits per heavy atom. The van der Waals surface area contributed by atoms with E-state index in [1.807, 2.05) is 65.6 Å². The van der Waals surface area contributed by atoms with Gasteiger partial charge in [-0.05, 0) is 80.2 Å². The lowest BCUT2D eigenvalue weighted by atomic mass is 9.46. The Labute approximate surface area is 188 Å². The Kier molecular flexibility index (Phi) is 4.56. The molecule has 0 radical (unpaired) electrons. The van der Waals surface area contributed by atoms with Crippen LogP contribution in [-0.2, 0) is 16.9 Å². The third-order valence-corrected chi connectivity index (χ3v) is 7.78. The summed E-state index contributed by atoms with van der Waals surface area (Å²) < 4.78 is 7.93. The number of anilines is 1. The van der Waals surface area contributed by atoms with Gasteiger partial charge < -0.3 is 10.1 Å². The molecule has 4 atom stereocenters. The molecule has 4 aliphatic carbocycles. The standard InChI is InChI=1S/C26H28N4O2/c31-24(29-22-6-8-23(9-7-22)32-15-19-4-2-1-3-5-19)25-11-20-10-21(12-25)14-26(13-20,16-25)30-18-27-17-28-30/h1-9,17-18,20-21H,10-16H2,(H,29,31)/t20-,21+,25?,26?. The zero-order valence-electron chi connectivity index (χ0n) is 18.1. The molecule has 0 saturated heterocycles. The van der Waals surface area contributed by atoms with Gasteiger partial charge in [0.2, 0.25) is 5.91 Å². The van der Waals surface area contributed by atoms with Gasteiger partial charge in [-0.2, -0.15) is 5.10 Å². The highest BCUT2D eigenvalue weighted by molar-refractivity contribution is 5.95. The molecule has 0 aliphatic heterocycles. The molecule has 2 unspecified atom stereocenters. The van der Waals surface area contributed by atoms with Crippen LogP contribution in [0.3, 0.4) is 0 Å². The summed E-state index contributed by atoms with van der Waals surface area (Å²) in [6.07, 6.45) is 9.79. The third kappa shape index (κ3) is 3.38. The van der Waals surface area contributed by atoms with Crippen LogP contribution in [-0.4, -0.2) is 20.7 Å². The molecule has 4 fully saturated rings. The minimum Gasteiger partial charge on any atom is -0.489 e. The second-order valence-electron chi connectivity index (χ2n) is 10.1. The first kappa shape index (κ1) is 19.5. The van der Waals surface area contributed by atoms with Crippen molar-refractivity contribution >= 4 is 11.6 Å². The van der Waals surface area contributed by atoms with Crippen LogP contribution in [0.5, 0.6) is 5.75 Å². The van der Waals surface area contributed by atoms with Crippen molar-refractivity contribution in [1.82, 2.24) is 14.8 Å². The van der Waals surface area contributed by atoms with Gasteiger partial charge in [0.1, 0.15) is 25.0 Å². The van der Waals surface area contributed by atoms with Crippen LogP contribution in [0.25, 0.3) is 0 Å². The summed E-state index contributed by atoms with van der Waals surface area (Å²) in [6.45, 7) is 0.531. The number of amides is 1. The molecule has 164 valence electrons. The highest BCUT2D eigenvalue weighted by Gasteiger charge is 2.61. The summed E-state index contributed by atoms with van der Waals surface area (Å²) in [5.74, 6) is 2.15. The van der Waals surface area contributed by atoms with Crippen LogP contribution < -0.4 is 10.1 Å². The number of nitrogens with one attached hydrogen (secondary N) is 1. The lowest BCUT2D eigenvalue weighted by Gasteiger charge is -2.60. The average Bonchev–Trinajstić information content (AvgIpc) is 3.35. The minimum atomic E-state index is -0.307. The van der Waals surface area contributed by atoms with E-state index < -0.39 is 0 Å². The first-order chi connectivity index (χ1) is 15.6. The number of aromatic nitrogens is 3. The molecule has 7 rings (SSSR count). The first-order valence-electron chi connectivity index (χ1n) is 11.6. The molecule has 2 aromatic carbocycles. The van der Waals surface area contributed by atoms with Gasteiger partial charge in [0, 0.05) is 5.69 Å². The maximum atomic E-state index is 13.6. The van der Waals surface area contributed by atoms with Crippen molar-refractivity contribution in [1.29, 1.82) is 0 Å². The summed E-state index contributed by atoms with van der Waals surface area (Å²) in [5, 5.41) is 7.71. The van der Waals surface area contributed by atoms with Crippen LogP contribution in [0.1, 0.15) is 44.1 Å². The van der Waals surface area contributed by atoms with E-state index in [2.05, 4.69) is 15.4 Å². The molecule has 4 bridgehead atoms. The maximum Gasteiger partial charge on any atom is 0.230 e. The van der Waals surface area contributed by atoms with Crippen molar-refractivity contribution < 1.29 is 9.53 Å². The Bertz CT molecular complexity index is 1080. The van der Waals surface area contributed by atoms with Crippen LogP contribution in [0.2, 0.25) is 0 Å². The molecular weight excluding hydrogens is 400 g/mol. The van der Waals surface area contributed by atoms with Gasteiger partial charge in [0.25, 0.3) is 0 Å². The fourth-order valence-electron chi connectivity index (χ4n) is 6.84. The summed E-state index contributed by atoms with van der Waals surface area (Å²) >= 11 is 0. The lowest BCUT2D eigenvalue weighted by Crippen LogP contribution is -2.60. The number of ether oxygens (including phenoxy) is 1. The van der Waals surface area contributed by atoms with Crippen molar-refractivity contribution in [3.8, 4) is 5.75 Å². The highest BCUT2D eigenvalue weighted by atomic mass is 16.5. The van der Waals surface area contributed by atoms with Gasteiger partial charge in [-0.15, -0.1) is 0 Å². The Hall–Kier alpha value is -3.15. The zero-order chi connectivity index (χ0) is 21.6. The van der Waals surface area contributed by atoms with Crippen molar-refractivity contribution in [2.45, 2.75) is 50.7 Å². The predicted molar refractivity (Wildman–Crippen MR) is 121 cm³/mol. The van der Waals surface area contributed by atoms with Crippen molar-refractivity contribution in [3.05, 3.63) is 72.8 Å². The van der Waals surface area contributed by atoms with Gasteiger partial charge >= 0.3 is 0 Å². The second kappa shape index (κ2) is 7.47. The van der Waals surface area contributed by atoms with Gasteiger partial charge in [0.05, 0.1) is 11.0 Å². The molecule has 1 amide bonds. The number of benzene rings is 2. The van der Waals surface area contributed by atoms with Gasteiger partial charge in [-0.25, -0.2) is 9.67 Å². The Morgan fingerprint density at radius 2 is 1.78 bits per heavy atom. The smallest absolute Gasteiger partial charge is 0.230 e. The largest absolute Gasteiger partial charge is 0.489 e. The van der Waals surface area contributed by atoms with E-state index in [0.717, 1.165) is 49.1 Å². The van der Waals surface area contributed by atoms with Crippen LogP contribution in [0, 0.1) is 17.3 Å². The number of hydrogen-bond donors (Lipinski definition) is 1. The van der Waals surface area contributed by atoms with Gasteiger partial charge in [-0.1, -0.05) is 30.3 Å². The predicted octanol–water partition coefficient (Wildman–Crippen LogP) is 4.79. The molecule has 1 aromatic heterocycles. The molecule has 6 nitrogen and oxygen atoms in total. The van der Waals surface area contributed by atoms with E-state index in [1.165, 1.54) is 6.42 Å². The molecule has 1 N–H and O–H groups in total. The summed E-state index contributed by atoms with van der Waals surface area (Å²) in [4.78, 5) is 17.8. The van der Waals surface area contributed by atoms with E-state index in [-0.39, 0.29) is 16.9 Å². The minimum absolute atomic E-state index is 0.0486. The van der Waals surface area contributed by atoms with Crippen LogP contribution in [0.4, 0.5) is 5.69 Å². The van der Waals surface area contributed by atoms with E-state index in [9.17, 15) is 4.79 Å². The Morgan fingerprint density at radius 3 is 2.47 bits per heavy atom. The molecular formula is C26H28N4O2. The summed E-state index contributed by atoms with van der Waals surface area (Å²) in [7, 11) is 0. The molecule has 32 heavy (non-hydrogen) atoms. The van der Waals surface area contributed by atoms with Crippen molar-refractivity contribution in [2.24, 2.45) is 17.3 Å². The SMILES string of the molecule is O=C(Nc1ccc(OCc2ccccc2)cc1)C12C[C@H]3C[C@@H](C1)CC(n1cncn1)(C3)C2. The van der Waals surface area contributed by atoms with Gasteiger partial charge in [0.15, 0.2) is 0 Å². The lowest BCUT2D eigenvalue weighted by molar-refractivity contribution is -0.150. The van der Waals surface area contributed by atoms with E-state index in [1.54, 1.807) is 6.33 Å². The number of hydrogen-bond acceptors (Lipinski definition) is 4. The normalized spacial score (nSPS) is 30.2. The topological polar surface area (TPSA) is 69.0 Å².